The third kappa shape index (κ3) is 5.50. The molecule has 0 spiro atoms. The van der Waals surface area contributed by atoms with E-state index in [9.17, 15) is 29.8 Å². The Labute approximate surface area is 197 Å². The number of hydrogen-bond donors (Lipinski definition) is 0. The first kappa shape index (κ1) is 24.7. The van der Waals surface area contributed by atoms with Crippen LogP contribution < -0.4 is 9.47 Å². The fourth-order valence-electron chi connectivity index (χ4n) is 3.04. The molecule has 0 radical (unpaired) electrons. The zero-order valence-electron chi connectivity index (χ0n) is 18.1. The first-order valence-electron chi connectivity index (χ1n) is 9.78. The van der Waals surface area contributed by atoms with Crippen LogP contribution in [0.5, 0.6) is 17.2 Å². The number of non-ortho nitro benzene ring substituents is 1. The summed E-state index contributed by atoms with van der Waals surface area (Å²) in [4.78, 5) is 46.8. The van der Waals surface area contributed by atoms with Crippen molar-refractivity contribution in [3.05, 3.63) is 67.1 Å². The van der Waals surface area contributed by atoms with E-state index in [1.165, 1.54) is 32.4 Å². The fraction of sp³-hybridized carbons (Fsp3) is 0.238. The Balaban J connectivity index is 1.85. The molecule has 1 heterocycles. The van der Waals surface area contributed by atoms with Gasteiger partial charge in [-0.15, -0.1) is 0 Å². The van der Waals surface area contributed by atoms with Crippen molar-refractivity contribution in [2.24, 2.45) is 0 Å². The number of benzene rings is 2. The molecule has 0 bridgehead atoms. The summed E-state index contributed by atoms with van der Waals surface area (Å²) in [5.41, 5.74) is -0.496. The lowest BCUT2D eigenvalue weighted by molar-refractivity contribution is -0.394. The summed E-state index contributed by atoms with van der Waals surface area (Å²) in [5, 5.41) is 21.9. The average molecular weight is 489 g/mol. The lowest BCUT2D eigenvalue weighted by atomic mass is 10.1. The monoisotopic (exact) mass is 489 g/mol. The number of carbonyl (C=O) groups excluding carboxylic acids is 2. The number of nitro groups is 2. The topological polar surface area (TPSA) is 151 Å². The Morgan fingerprint density at radius 3 is 2.38 bits per heavy atom. The molecule has 12 nitrogen and oxygen atoms in total. The van der Waals surface area contributed by atoms with Crippen LogP contribution in [0.3, 0.4) is 0 Å². The Morgan fingerprint density at radius 1 is 1.00 bits per heavy atom. The highest BCUT2D eigenvalue weighted by atomic mass is 32.2. The number of carbonyl (C=O) groups is 2. The number of hydrogen-bond acceptors (Lipinski definition) is 10. The maximum Gasteiger partial charge on any atom is 0.318 e. The van der Waals surface area contributed by atoms with Crippen LogP contribution >= 0.6 is 11.8 Å². The first-order chi connectivity index (χ1) is 16.2. The molecule has 0 N–H and O–H groups in total. The number of amides is 2. The highest BCUT2D eigenvalue weighted by molar-refractivity contribution is 8.18. The molecular formula is C21H19N3O9S. The van der Waals surface area contributed by atoms with Crippen LogP contribution in [-0.4, -0.2) is 53.3 Å². The van der Waals surface area contributed by atoms with Gasteiger partial charge < -0.3 is 14.2 Å². The SMILES string of the molecule is COCCCN1C(=O)S/C(=C/c2ccc(Oc3ccc([N+](=O)[O-])cc3[N+](=O)[O-])c(OC)c2)C1=O. The van der Waals surface area contributed by atoms with Gasteiger partial charge in [0.25, 0.3) is 16.8 Å². The van der Waals surface area contributed by atoms with Crippen molar-refractivity contribution in [1.82, 2.24) is 4.90 Å². The maximum atomic E-state index is 12.6. The summed E-state index contributed by atoms with van der Waals surface area (Å²) >= 11 is 0.819. The van der Waals surface area contributed by atoms with Gasteiger partial charge in [0, 0.05) is 26.3 Å². The first-order valence-corrected chi connectivity index (χ1v) is 10.6. The highest BCUT2D eigenvalue weighted by Crippen LogP contribution is 2.39. The molecule has 2 aromatic rings. The van der Waals surface area contributed by atoms with Gasteiger partial charge in [-0.1, -0.05) is 6.07 Å². The van der Waals surface area contributed by atoms with Crippen molar-refractivity contribution >= 4 is 40.4 Å². The predicted octanol–water partition coefficient (Wildman–Crippen LogP) is 4.38. The number of nitrogens with zero attached hydrogens (tertiary/aromatic N) is 3. The Morgan fingerprint density at radius 2 is 1.74 bits per heavy atom. The summed E-state index contributed by atoms with van der Waals surface area (Å²) in [6, 6.07) is 7.60. The van der Waals surface area contributed by atoms with Crippen LogP contribution in [-0.2, 0) is 9.53 Å². The van der Waals surface area contributed by atoms with E-state index in [1.807, 2.05) is 0 Å². The second-order valence-corrected chi connectivity index (χ2v) is 7.85. The molecule has 2 aromatic carbocycles. The van der Waals surface area contributed by atoms with Crippen LogP contribution in [0, 0.1) is 20.2 Å². The lowest BCUT2D eigenvalue weighted by Gasteiger charge is -2.12. The van der Waals surface area contributed by atoms with Crippen molar-refractivity contribution in [2.45, 2.75) is 6.42 Å². The molecule has 0 saturated carbocycles. The standard InChI is InChI=1S/C21H19N3O9S/c1-31-9-3-8-22-20(25)19(34-21(22)26)11-13-4-6-17(18(10-13)32-2)33-16-7-5-14(23(27)28)12-15(16)24(29)30/h4-7,10-12H,3,8-9H2,1-2H3/b19-11+. The largest absolute Gasteiger partial charge is 0.493 e. The molecule has 0 aliphatic carbocycles. The van der Waals surface area contributed by atoms with E-state index in [4.69, 9.17) is 14.2 Å². The molecule has 0 unspecified atom stereocenters. The minimum atomic E-state index is -0.786. The van der Waals surface area contributed by atoms with Gasteiger partial charge in [-0.3, -0.25) is 34.7 Å². The Kier molecular flexibility index (Phi) is 7.81. The molecule has 1 aliphatic rings. The highest BCUT2D eigenvalue weighted by Gasteiger charge is 2.34. The van der Waals surface area contributed by atoms with Gasteiger partial charge in [-0.25, -0.2) is 0 Å². The molecule has 1 aliphatic heterocycles. The van der Waals surface area contributed by atoms with E-state index in [2.05, 4.69) is 0 Å². The number of rotatable bonds is 10. The van der Waals surface area contributed by atoms with Crippen molar-refractivity contribution < 1.29 is 33.6 Å². The molecule has 1 saturated heterocycles. The molecule has 3 rings (SSSR count). The normalized spacial score (nSPS) is 14.5. The van der Waals surface area contributed by atoms with Crippen LogP contribution in [0.2, 0.25) is 0 Å². The van der Waals surface area contributed by atoms with E-state index in [1.54, 1.807) is 6.07 Å². The van der Waals surface area contributed by atoms with E-state index in [-0.39, 0.29) is 33.9 Å². The third-order valence-electron chi connectivity index (χ3n) is 4.66. The molecule has 13 heteroatoms. The lowest BCUT2D eigenvalue weighted by Crippen LogP contribution is -2.29. The summed E-state index contributed by atoms with van der Waals surface area (Å²) in [6.45, 7) is 0.673. The average Bonchev–Trinajstić information content (AvgIpc) is 3.07. The smallest absolute Gasteiger partial charge is 0.318 e. The summed E-state index contributed by atoms with van der Waals surface area (Å²) in [7, 11) is 2.90. The van der Waals surface area contributed by atoms with Crippen molar-refractivity contribution in [3.63, 3.8) is 0 Å². The zero-order valence-corrected chi connectivity index (χ0v) is 18.9. The van der Waals surface area contributed by atoms with Crippen LogP contribution in [0.4, 0.5) is 16.2 Å². The summed E-state index contributed by atoms with van der Waals surface area (Å²) in [6.07, 6.45) is 2.05. The minimum absolute atomic E-state index is 0.115. The van der Waals surface area contributed by atoms with E-state index in [0.717, 1.165) is 34.9 Å². The van der Waals surface area contributed by atoms with Gasteiger partial charge in [0.1, 0.15) is 0 Å². The van der Waals surface area contributed by atoms with Crippen LogP contribution in [0.25, 0.3) is 6.08 Å². The van der Waals surface area contributed by atoms with Gasteiger partial charge in [-0.05, 0) is 48.0 Å². The Bertz CT molecular complexity index is 1180. The van der Waals surface area contributed by atoms with Gasteiger partial charge in [0.2, 0.25) is 5.75 Å². The number of nitro benzene ring substituents is 2. The van der Waals surface area contributed by atoms with Gasteiger partial charge in [0.05, 0.1) is 27.9 Å². The third-order valence-corrected chi connectivity index (χ3v) is 5.57. The number of imide groups is 1. The fourth-order valence-corrected chi connectivity index (χ4v) is 3.90. The molecule has 178 valence electrons. The molecule has 0 atom stereocenters. The van der Waals surface area contributed by atoms with E-state index >= 15 is 0 Å². The van der Waals surface area contributed by atoms with Crippen LogP contribution in [0.1, 0.15) is 12.0 Å². The van der Waals surface area contributed by atoms with E-state index < -0.39 is 27.1 Å². The second-order valence-electron chi connectivity index (χ2n) is 6.86. The molecule has 2 amide bonds. The predicted molar refractivity (Wildman–Crippen MR) is 122 cm³/mol. The minimum Gasteiger partial charge on any atom is -0.493 e. The van der Waals surface area contributed by atoms with E-state index in [0.29, 0.717) is 18.6 Å². The number of ether oxygens (including phenoxy) is 3. The van der Waals surface area contributed by atoms with Crippen molar-refractivity contribution in [1.29, 1.82) is 0 Å². The maximum absolute atomic E-state index is 12.6. The van der Waals surface area contributed by atoms with Crippen molar-refractivity contribution in [3.8, 4) is 17.2 Å². The Hall–Kier alpha value is -3.97. The second kappa shape index (κ2) is 10.8. The quantitative estimate of drug-likeness (QED) is 0.203. The van der Waals surface area contributed by atoms with Crippen LogP contribution in [0.15, 0.2) is 41.3 Å². The molecule has 34 heavy (non-hydrogen) atoms. The summed E-state index contributed by atoms with van der Waals surface area (Å²) < 4.78 is 15.9. The van der Waals surface area contributed by atoms with Gasteiger partial charge in [-0.2, -0.15) is 0 Å². The molecule has 0 aromatic heterocycles. The summed E-state index contributed by atoms with van der Waals surface area (Å²) in [5.74, 6) is -0.310. The molecule has 1 fully saturated rings. The van der Waals surface area contributed by atoms with Gasteiger partial charge in [0.15, 0.2) is 11.5 Å². The number of thioether (sulfide) groups is 1. The van der Waals surface area contributed by atoms with Gasteiger partial charge >= 0.3 is 5.69 Å². The van der Waals surface area contributed by atoms with Crippen molar-refractivity contribution in [2.75, 3.05) is 27.4 Å². The zero-order chi connectivity index (χ0) is 24.8. The molecular weight excluding hydrogens is 470 g/mol. The number of methoxy groups -OCH3 is 2.